The second kappa shape index (κ2) is 4.33. The maximum atomic E-state index is 11.7. The van der Waals surface area contributed by atoms with E-state index in [9.17, 15) is 4.79 Å². The van der Waals surface area contributed by atoms with Crippen molar-refractivity contribution >= 4 is 11.4 Å². The first-order valence-electron chi connectivity index (χ1n) is 6.00. The number of hydrogen-bond acceptors (Lipinski definition) is 1. The lowest BCUT2D eigenvalue weighted by atomic mass is 9.74. The first-order valence-corrected chi connectivity index (χ1v) is 6.00. The predicted molar refractivity (Wildman–Crippen MR) is 72.0 cm³/mol. The van der Waals surface area contributed by atoms with Crippen LogP contribution in [0.5, 0.6) is 0 Å². The van der Waals surface area contributed by atoms with Gasteiger partial charge in [-0.15, -0.1) is 0 Å². The number of carbonyl (C=O) groups is 1. The second-order valence-electron chi connectivity index (χ2n) is 5.20. The van der Waals surface area contributed by atoms with Gasteiger partial charge in [0.05, 0.1) is 0 Å². The van der Waals surface area contributed by atoms with E-state index in [0.717, 1.165) is 17.5 Å². The smallest absolute Gasteiger partial charge is 0.160 e. The highest BCUT2D eigenvalue weighted by Gasteiger charge is 2.26. The van der Waals surface area contributed by atoms with Crippen LogP contribution in [0.3, 0.4) is 0 Å². The lowest BCUT2D eigenvalue weighted by molar-refractivity contribution is 0.101. The van der Waals surface area contributed by atoms with Crippen LogP contribution in [0.1, 0.15) is 43.1 Å². The summed E-state index contributed by atoms with van der Waals surface area (Å²) in [5.41, 5.74) is 3.25. The number of allylic oxidation sites excluding steroid dienone is 4. The molecule has 0 radical (unpaired) electrons. The number of carbonyl (C=O) groups excluding carboxylic acids is 1. The molecule has 1 aliphatic carbocycles. The van der Waals surface area contributed by atoms with Crippen molar-refractivity contribution in [3.05, 3.63) is 53.6 Å². The van der Waals surface area contributed by atoms with Crippen LogP contribution in [0.25, 0.3) is 5.57 Å². The Labute approximate surface area is 103 Å². The summed E-state index contributed by atoms with van der Waals surface area (Å²) in [6.45, 7) is 6.07. The molecule has 17 heavy (non-hydrogen) atoms. The molecule has 0 amide bonds. The second-order valence-corrected chi connectivity index (χ2v) is 5.20. The number of rotatable bonds is 2. The Morgan fingerprint density at radius 2 is 1.94 bits per heavy atom. The Hall–Kier alpha value is -1.63. The zero-order valence-corrected chi connectivity index (χ0v) is 10.7. The summed E-state index contributed by atoms with van der Waals surface area (Å²) < 4.78 is 0. The lowest BCUT2D eigenvalue weighted by Gasteiger charge is -2.30. The van der Waals surface area contributed by atoms with Gasteiger partial charge < -0.3 is 0 Å². The van der Waals surface area contributed by atoms with Crippen LogP contribution in [-0.4, -0.2) is 5.78 Å². The fraction of sp³-hybridized carbons (Fsp3) is 0.312. The van der Waals surface area contributed by atoms with Gasteiger partial charge in [-0.1, -0.05) is 56.3 Å². The van der Waals surface area contributed by atoms with Gasteiger partial charge in [0.25, 0.3) is 0 Å². The highest BCUT2D eigenvalue weighted by Crippen LogP contribution is 2.41. The van der Waals surface area contributed by atoms with E-state index in [0.29, 0.717) is 0 Å². The van der Waals surface area contributed by atoms with Gasteiger partial charge in [0.2, 0.25) is 0 Å². The highest BCUT2D eigenvalue weighted by atomic mass is 16.1. The fourth-order valence-electron chi connectivity index (χ4n) is 2.34. The molecule has 0 fully saturated rings. The van der Waals surface area contributed by atoms with Crippen LogP contribution in [0.4, 0.5) is 0 Å². The Morgan fingerprint density at radius 1 is 1.24 bits per heavy atom. The monoisotopic (exact) mass is 226 g/mol. The van der Waals surface area contributed by atoms with Crippen molar-refractivity contribution < 1.29 is 4.79 Å². The van der Waals surface area contributed by atoms with E-state index in [4.69, 9.17) is 0 Å². The van der Waals surface area contributed by atoms with Gasteiger partial charge in [-0.05, 0) is 29.9 Å². The minimum atomic E-state index is 0.0975. The zero-order valence-electron chi connectivity index (χ0n) is 10.7. The summed E-state index contributed by atoms with van der Waals surface area (Å²) in [7, 11) is 0. The molecule has 0 aliphatic heterocycles. The van der Waals surface area contributed by atoms with Crippen LogP contribution in [0, 0.1) is 5.41 Å². The molecular formula is C16H18O. The summed E-state index contributed by atoms with van der Waals surface area (Å²) in [6, 6.07) is 7.87. The van der Waals surface area contributed by atoms with Crippen LogP contribution >= 0.6 is 0 Å². The Kier molecular flexibility index (Phi) is 3.01. The molecule has 0 heterocycles. The molecule has 0 atom stereocenters. The molecule has 0 spiro atoms. The molecule has 0 bridgehead atoms. The summed E-state index contributed by atoms with van der Waals surface area (Å²) >= 11 is 0. The van der Waals surface area contributed by atoms with Crippen molar-refractivity contribution in [1.29, 1.82) is 0 Å². The van der Waals surface area contributed by atoms with Gasteiger partial charge in [-0.3, -0.25) is 4.79 Å². The number of hydrogen-bond donors (Lipinski definition) is 0. The van der Waals surface area contributed by atoms with Crippen LogP contribution in [0.2, 0.25) is 0 Å². The van der Waals surface area contributed by atoms with Crippen LogP contribution in [-0.2, 0) is 0 Å². The lowest BCUT2D eigenvalue weighted by Crippen LogP contribution is -2.16. The van der Waals surface area contributed by atoms with E-state index in [1.807, 2.05) is 24.3 Å². The number of ketones is 1. The van der Waals surface area contributed by atoms with Gasteiger partial charge in [0, 0.05) is 5.56 Å². The third-order valence-electron chi connectivity index (χ3n) is 3.35. The zero-order chi connectivity index (χ0) is 12.5. The van der Waals surface area contributed by atoms with Crippen molar-refractivity contribution in [3.8, 4) is 0 Å². The van der Waals surface area contributed by atoms with E-state index in [2.05, 4.69) is 32.1 Å². The van der Waals surface area contributed by atoms with E-state index >= 15 is 0 Å². The molecule has 1 nitrogen and oxygen atoms in total. The summed E-state index contributed by atoms with van der Waals surface area (Å²) in [4.78, 5) is 11.7. The van der Waals surface area contributed by atoms with Gasteiger partial charge in [-0.2, -0.15) is 0 Å². The number of benzene rings is 1. The minimum Gasteiger partial charge on any atom is -0.294 e. The van der Waals surface area contributed by atoms with Crippen molar-refractivity contribution in [2.24, 2.45) is 5.41 Å². The molecule has 1 aliphatic rings. The quantitative estimate of drug-likeness (QED) is 0.689. The van der Waals surface area contributed by atoms with Gasteiger partial charge in [0.15, 0.2) is 5.78 Å². The molecule has 0 unspecified atom stereocenters. The van der Waals surface area contributed by atoms with E-state index < -0.39 is 0 Å². The van der Waals surface area contributed by atoms with Gasteiger partial charge in [0.1, 0.15) is 0 Å². The average Bonchev–Trinajstić information content (AvgIpc) is 2.28. The molecule has 2 rings (SSSR count). The van der Waals surface area contributed by atoms with Crippen molar-refractivity contribution in [2.75, 3.05) is 0 Å². The summed E-state index contributed by atoms with van der Waals surface area (Å²) in [6.07, 6.45) is 7.41. The maximum Gasteiger partial charge on any atom is 0.160 e. The van der Waals surface area contributed by atoms with E-state index in [-0.39, 0.29) is 11.2 Å². The summed E-state index contributed by atoms with van der Waals surface area (Å²) in [5, 5.41) is 0. The van der Waals surface area contributed by atoms with Crippen LogP contribution < -0.4 is 0 Å². The SMILES string of the molecule is CC(=O)c1ccccc1C1=CC=CCC1(C)C. The maximum absolute atomic E-state index is 11.7. The standard InChI is InChI=1S/C16H18O/c1-12(17)13-8-4-5-9-14(13)15-10-6-7-11-16(15,2)3/h4-10H,11H2,1-3H3. The van der Waals surface area contributed by atoms with Crippen molar-refractivity contribution in [2.45, 2.75) is 27.2 Å². The molecule has 88 valence electrons. The minimum absolute atomic E-state index is 0.0975. The first-order chi connectivity index (χ1) is 8.02. The fourth-order valence-corrected chi connectivity index (χ4v) is 2.34. The molecule has 1 aromatic rings. The highest BCUT2D eigenvalue weighted by molar-refractivity contribution is 5.99. The summed E-state index contributed by atoms with van der Waals surface area (Å²) in [5.74, 6) is 0.131. The Morgan fingerprint density at radius 3 is 2.59 bits per heavy atom. The van der Waals surface area contributed by atoms with Crippen LogP contribution in [0.15, 0.2) is 42.5 Å². The Balaban J connectivity index is 2.57. The number of Topliss-reactive ketones (excluding diaryl/α,β-unsaturated/α-hetero) is 1. The van der Waals surface area contributed by atoms with Gasteiger partial charge >= 0.3 is 0 Å². The first kappa shape index (κ1) is 11.8. The van der Waals surface area contributed by atoms with Crippen molar-refractivity contribution in [3.63, 3.8) is 0 Å². The van der Waals surface area contributed by atoms with Crippen molar-refractivity contribution in [1.82, 2.24) is 0 Å². The molecule has 0 N–H and O–H groups in total. The third kappa shape index (κ3) is 2.23. The average molecular weight is 226 g/mol. The molecular weight excluding hydrogens is 208 g/mol. The predicted octanol–water partition coefficient (Wildman–Crippen LogP) is 4.26. The van der Waals surface area contributed by atoms with E-state index in [1.165, 1.54) is 5.57 Å². The topological polar surface area (TPSA) is 17.1 Å². The largest absolute Gasteiger partial charge is 0.294 e. The normalized spacial score (nSPS) is 17.7. The molecule has 1 aromatic carbocycles. The molecule has 0 saturated carbocycles. The third-order valence-corrected chi connectivity index (χ3v) is 3.35. The molecule has 1 heteroatoms. The van der Waals surface area contributed by atoms with E-state index in [1.54, 1.807) is 6.92 Å². The molecule has 0 saturated heterocycles. The Bertz CT molecular complexity index is 504. The molecule has 0 aromatic heterocycles. The van der Waals surface area contributed by atoms with Gasteiger partial charge in [-0.25, -0.2) is 0 Å².